The maximum absolute atomic E-state index is 13.1. The number of imide groups is 1. The van der Waals surface area contributed by atoms with Gasteiger partial charge in [-0.3, -0.25) is 14.4 Å². The third-order valence-corrected chi connectivity index (χ3v) is 6.43. The number of ketones is 1. The van der Waals surface area contributed by atoms with Gasteiger partial charge in [0.05, 0.1) is 22.4 Å². The van der Waals surface area contributed by atoms with E-state index in [-0.39, 0.29) is 22.3 Å². The summed E-state index contributed by atoms with van der Waals surface area (Å²) in [5.41, 5.74) is 3.00. The fraction of sp³-hybridized carbons (Fsp3) is 0.0968. The highest BCUT2D eigenvalue weighted by Crippen LogP contribution is 2.31. The molecule has 0 bridgehead atoms. The van der Waals surface area contributed by atoms with Gasteiger partial charge in [0, 0.05) is 5.56 Å². The normalized spacial score (nSPS) is 12.3. The molecule has 4 aromatic rings. The van der Waals surface area contributed by atoms with Gasteiger partial charge >= 0.3 is 5.97 Å². The zero-order chi connectivity index (χ0) is 27.7. The molecule has 0 saturated heterocycles. The number of rotatable bonds is 7. The number of amides is 2. The van der Waals surface area contributed by atoms with E-state index in [1.165, 1.54) is 30.3 Å². The van der Waals surface area contributed by atoms with E-state index in [2.05, 4.69) is 0 Å². The van der Waals surface area contributed by atoms with Gasteiger partial charge in [-0.25, -0.2) is 14.1 Å². The minimum absolute atomic E-state index is 0.0146. The molecule has 0 atom stereocenters. The number of benzene rings is 4. The third kappa shape index (κ3) is 5.17. The van der Waals surface area contributed by atoms with Crippen molar-refractivity contribution in [1.82, 2.24) is 0 Å². The highest BCUT2D eigenvalue weighted by molar-refractivity contribution is 6.34. The third-order valence-electron chi connectivity index (χ3n) is 6.43. The van der Waals surface area contributed by atoms with E-state index >= 15 is 0 Å². The predicted octanol–water partition coefficient (Wildman–Crippen LogP) is 6.08. The lowest BCUT2D eigenvalue weighted by molar-refractivity contribution is 0.0474. The highest BCUT2D eigenvalue weighted by atomic mass is 19.1. The molecule has 194 valence electrons. The van der Waals surface area contributed by atoms with E-state index in [9.17, 15) is 23.6 Å². The Morgan fingerprint density at radius 2 is 1.36 bits per heavy atom. The minimum atomic E-state index is -0.834. The Labute approximate surface area is 223 Å². The lowest BCUT2D eigenvalue weighted by Crippen LogP contribution is -2.29. The summed E-state index contributed by atoms with van der Waals surface area (Å²) in [5.74, 6) is -1.73. The molecule has 0 spiro atoms. The van der Waals surface area contributed by atoms with Crippen molar-refractivity contribution >= 4 is 29.3 Å². The lowest BCUT2D eigenvalue weighted by Gasteiger charge is -2.15. The topological polar surface area (TPSA) is 90.0 Å². The minimum Gasteiger partial charge on any atom is -0.457 e. The number of esters is 1. The first-order valence-corrected chi connectivity index (χ1v) is 12.0. The zero-order valence-corrected chi connectivity index (χ0v) is 21.1. The molecule has 1 heterocycles. The first-order valence-electron chi connectivity index (χ1n) is 12.0. The van der Waals surface area contributed by atoms with Gasteiger partial charge in [-0.05, 0) is 104 Å². The Morgan fingerprint density at radius 1 is 0.718 bits per heavy atom. The monoisotopic (exact) mass is 523 g/mol. The van der Waals surface area contributed by atoms with Crippen LogP contribution in [-0.4, -0.2) is 30.2 Å². The molecule has 0 fully saturated rings. The van der Waals surface area contributed by atoms with Crippen molar-refractivity contribution in [3.8, 4) is 11.5 Å². The van der Waals surface area contributed by atoms with Crippen LogP contribution in [0.25, 0.3) is 0 Å². The first-order chi connectivity index (χ1) is 18.7. The molecule has 0 aromatic heterocycles. The average molecular weight is 524 g/mol. The van der Waals surface area contributed by atoms with Crippen molar-refractivity contribution in [2.45, 2.75) is 13.8 Å². The second-order valence-electron chi connectivity index (χ2n) is 9.05. The number of aryl methyl sites for hydroxylation is 2. The smallest absolute Gasteiger partial charge is 0.338 e. The number of hydrogen-bond donors (Lipinski definition) is 0. The largest absolute Gasteiger partial charge is 0.457 e. The predicted molar refractivity (Wildman–Crippen MR) is 141 cm³/mol. The summed E-state index contributed by atoms with van der Waals surface area (Å²) in [6.45, 7) is 3.45. The molecule has 0 unspecified atom stereocenters. The number of fused-ring (bicyclic) bond motifs is 1. The fourth-order valence-electron chi connectivity index (χ4n) is 4.11. The van der Waals surface area contributed by atoms with Crippen LogP contribution in [0.1, 0.15) is 52.6 Å². The van der Waals surface area contributed by atoms with Gasteiger partial charge in [-0.1, -0.05) is 6.07 Å². The average Bonchev–Trinajstić information content (AvgIpc) is 3.19. The van der Waals surface area contributed by atoms with Gasteiger partial charge in [-0.2, -0.15) is 0 Å². The summed E-state index contributed by atoms with van der Waals surface area (Å²) in [6, 6.07) is 21.2. The summed E-state index contributed by atoms with van der Waals surface area (Å²) >= 11 is 0. The molecule has 1 aliphatic heterocycles. The Bertz CT molecular complexity index is 1630. The molecule has 2 amide bonds. The Hall–Kier alpha value is -5.11. The van der Waals surface area contributed by atoms with Crippen LogP contribution in [0.4, 0.5) is 10.1 Å². The number of hydrogen-bond acceptors (Lipinski definition) is 6. The molecule has 39 heavy (non-hydrogen) atoms. The van der Waals surface area contributed by atoms with Crippen LogP contribution in [0.5, 0.6) is 11.5 Å². The second-order valence-corrected chi connectivity index (χ2v) is 9.05. The molecular formula is C31H22FNO6. The number of ether oxygens (including phenoxy) is 2. The molecule has 0 radical (unpaired) electrons. The summed E-state index contributed by atoms with van der Waals surface area (Å²) in [6.07, 6.45) is 0. The quantitative estimate of drug-likeness (QED) is 0.166. The maximum atomic E-state index is 13.1. The summed E-state index contributed by atoms with van der Waals surface area (Å²) in [7, 11) is 0. The van der Waals surface area contributed by atoms with E-state index in [1.807, 2.05) is 32.0 Å². The van der Waals surface area contributed by atoms with Crippen molar-refractivity contribution < 1.29 is 33.0 Å². The summed E-state index contributed by atoms with van der Waals surface area (Å²) in [4.78, 5) is 51.9. The van der Waals surface area contributed by atoms with Gasteiger partial charge < -0.3 is 9.47 Å². The zero-order valence-electron chi connectivity index (χ0n) is 21.1. The van der Waals surface area contributed by atoms with E-state index in [1.54, 1.807) is 24.3 Å². The van der Waals surface area contributed by atoms with E-state index in [4.69, 9.17) is 9.47 Å². The highest BCUT2D eigenvalue weighted by Gasteiger charge is 2.37. The first kappa shape index (κ1) is 25.5. The molecule has 0 saturated carbocycles. The van der Waals surface area contributed by atoms with E-state index < -0.39 is 36.0 Å². The van der Waals surface area contributed by atoms with Gasteiger partial charge in [0.25, 0.3) is 11.8 Å². The Balaban J connectivity index is 1.27. The standard InChI is InChI=1S/C31H22FNO6/c1-18-3-11-25(15-19(18)2)39-24-12-9-23(10-13-24)33-29(35)26-14-6-21(16-27(26)30(33)36)31(37)38-17-28(34)20-4-7-22(32)8-5-20/h3-16H,17H2,1-2H3. The Morgan fingerprint density at radius 3 is 2.05 bits per heavy atom. The van der Waals surface area contributed by atoms with E-state index in [0.717, 1.165) is 28.2 Å². The molecule has 1 aliphatic rings. The maximum Gasteiger partial charge on any atom is 0.338 e. The van der Waals surface area contributed by atoms with Gasteiger partial charge in [-0.15, -0.1) is 0 Å². The summed E-state index contributed by atoms with van der Waals surface area (Å²) in [5, 5.41) is 0. The fourth-order valence-corrected chi connectivity index (χ4v) is 4.11. The number of carbonyl (C=O) groups excluding carboxylic acids is 4. The molecule has 0 N–H and O–H groups in total. The molecule has 5 rings (SSSR count). The van der Waals surface area contributed by atoms with Crippen LogP contribution in [0, 0.1) is 19.7 Å². The number of nitrogens with zero attached hydrogens (tertiary/aromatic N) is 1. The lowest BCUT2D eigenvalue weighted by atomic mass is 10.1. The van der Waals surface area contributed by atoms with Crippen molar-refractivity contribution in [3.05, 3.63) is 124 Å². The summed E-state index contributed by atoms with van der Waals surface area (Å²) < 4.78 is 24.0. The van der Waals surface area contributed by atoms with E-state index in [0.29, 0.717) is 17.2 Å². The van der Waals surface area contributed by atoms with Gasteiger partial charge in [0.15, 0.2) is 12.4 Å². The Kier molecular flexibility index (Phi) is 6.77. The second kappa shape index (κ2) is 10.3. The molecule has 7 nitrogen and oxygen atoms in total. The van der Waals surface area contributed by atoms with Crippen molar-refractivity contribution in [2.75, 3.05) is 11.5 Å². The molecule has 4 aromatic carbocycles. The van der Waals surface area contributed by atoms with Crippen LogP contribution in [0.2, 0.25) is 0 Å². The van der Waals surface area contributed by atoms with Crippen LogP contribution in [0.15, 0.2) is 84.9 Å². The SMILES string of the molecule is Cc1ccc(Oc2ccc(N3C(=O)c4ccc(C(=O)OCC(=O)c5ccc(F)cc5)cc4C3=O)cc2)cc1C. The van der Waals surface area contributed by atoms with Crippen LogP contribution >= 0.6 is 0 Å². The van der Waals surface area contributed by atoms with Crippen LogP contribution in [0.3, 0.4) is 0 Å². The van der Waals surface area contributed by atoms with Crippen LogP contribution < -0.4 is 9.64 Å². The number of halogens is 1. The molecule has 8 heteroatoms. The van der Waals surface area contributed by atoms with Crippen molar-refractivity contribution in [2.24, 2.45) is 0 Å². The number of carbonyl (C=O) groups is 4. The van der Waals surface area contributed by atoms with Gasteiger partial charge in [0.2, 0.25) is 0 Å². The number of Topliss-reactive ketones (excluding diaryl/α,β-unsaturated/α-hetero) is 1. The molecular weight excluding hydrogens is 501 g/mol. The number of anilines is 1. The molecule has 0 aliphatic carbocycles. The van der Waals surface area contributed by atoms with Crippen LogP contribution in [-0.2, 0) is 4.74 Å². The van der Waals surface area contributed by atoms with Gasteiger partial charge in [0.1, 0.15) is 17.3 Å². The van der Waals surface area contributed by atoms with Crippen molar-refractivity contribution in [3.63, 3.8) is 0 Å². The van der Waals surface area contributed by atoms with Crippen molar-refractivity contribution in [1.29, 1.82) is 0 Å².